The largest absolute Gasteiger partial charge is 0.245 e. The van der Waals surface area contributed by atoms with E-state index in [0.29, 0.717) is 0 Å². The number of aromatic nitrogens is 8. The molecule has 0 N–H and O–H groups in total. The zero-order valence-corrected chi connectivity index (χ0v) is 23.3. The molecule has 0 amide bonds. The van der Waals surface area contributed by atoms with Gasteiger partial charge in [-0.2, -0.15) is 9.59 Å². The van der Waals surface area contributed by atoms with Crippen LogP contribution < -0.4 is 0 Å². The van der Waals surface area contributed by atoms with Crippen molar-refractivity contribution < 1.29 is 0 Å². The van der Waals surface area contributed by atoms with E-state index in [4.69, 9.17) is 9.97 Å². The second-order valence-corrected chi connectivity index (χ2v) is 10.7. The number of hydrogen-bond donors (Lipinski definition) is 0. The van der Waals surface area contributed by atoms with E-state index in [-0.39, 0.29) is 0 Å². The highest BCUT2D eigenvalue weighted by atomic mass is 15.5. The Bertz CT molecular complexity index is 2250. The summed E-state index contributed by atoms with van der Waals surface area (Å²) in [5, 5.41) is 20.5. The lowest BCUT2D eigenvalue weighted by Crippen LogP contribution is -1.98. The maximum atomic E-state index is 5.10. The van der Waals surface area contributed by atoms with Crippen LogP contribution in [0.25, 0.3) is 77.8 Å². The lowest BCUT2D eigenvalue weighted by atomic mass is 10.1. The Balaban J connectivity index is 1.06. The average molecular weight is 567 g/mol. The first-order chi connectivity index (χ1) is 21.7. The fourth-order valence-electron chi connectivity index (χ4n) is 5.57. The Morgan fingerprint density at radius 1 is 0.341 bits per heavy atom. The summed E-state index contributed by atoms with van der Waals surface area (Å²) in [7, 11) is 0. The van der Waals surface area contributed by atoms with Crippen molar-refractivity contribution in [2.24, 2.45) is 0 Å². The minimum absolute atomic E-state index is 0.867. The van der Waals surface area contributed by atoms with Crippen molar-refractivity contribution in [3.8, 4) is 33.9 Å². The van der Waals surface area contributed by atoms with Crippen molar-refractivity contribution in [2.75, 3.05) is 0 Å². The van der Waals surface area contributed by atoms with E-state index in [0.717, 1.165) is 77.8 Å². The molecule has 0 atom stereocenters. The molecular weight excluding hydrogens is 544 g/mol. The number of nitrogens with zero attached hydrogens (tertiary/aromatic N) is 8. The van der Waals surface area contributed by atoms with Crippen molar-refractivity contribution in [1.82, 2.24) is 40.0 Å². The van der Waals surface area contributed by atoms with Gasteiger partial charge in [-0.1, -0.05) is 72.8 Å². The maximum Gasteiger partial charge on any atom is 0.113 e. The summed E-state index contributed by atoms with van der Waals surface area (Å²) < 4.78 is 0. The number of fused-ring (bicyclic) bond motifs is 5. The van der Waals surface area contributed by atoms with Crippen LogP contribution in [0.15, 0.2) is 133 Å². The van der Waals surface area contributed by atoms with E-state index in [1.54, 1.807) is 9.59 Å². The van der Waals surface area contributed by atoms with E-state index in [2.05, 4.69) is 81.1 Å². The molecule has 9 aromatic rings. The highest BCUT2D eigenvalue weighted by Gasteiger charge is 2.11. The normalized spacial score (nSPS) is 11.6. The molecule has 0 radical (unpaired) electrons. The Morgan fingerprint density at radius 2 is 0.682 bits per heavy atom. The zero-order chi connectivity index (χ0) is 29.0. The molecule has 4 heterocycles. The van der Waals surface area contributed by atoms with Crippen LogP contribution in [-0.2, 0) is 0 Å². The molecule has 0 fully saturated rings. The van der Waals surface area contributed by atoms with E-state index in [1.807, 2.05) is 72.8 Å². The first kappa shape index (κ1) is 24.3. The fraction of sp³-hybridized carbons (Fsp3) is 0. The van der Waals surface area contributed by atoms with Gasteiger partial charge in [0.2, 0.25) is 0 Å². The summed E-state index contributed by atoms with van der Waals surface area (Å²) in [6, 6.07) is 44.5. The van der Waals surface area contributed by atoms with Crippen molar-refractivity contribution in [3.63, 3.8) is 0 Å². The van der Waals surface area contributed by atoms with Crippen LogP contribution in [0.2, 0.25) is 0 Å². The first-order valence-electron chi connectivity index (χ1n) is 14.3. The van der Waals surface area contributed by atoms with E-state index >= 15 is 0 Å². The van der Waals surface area contributed by atoms with Gasteiger partial charge >= 0.3 is 0 Å². The quantitative estimate of drug-likeness (QED) is 0.204. The molecule has 4 aromatic heterocycles. The molecule has 0 saturated carbocycles. The molecule has 9 rings (SSSR count). The summed E-state index contributed by atoms with van der Waals surface area (Å²) in [5.41, 5.74) is 10.8. The molecule has 0 bridgehead atoms. The molecule has 8 nitrogen and oxygen atoms in total. The van der Waals surface area contributed by atoms with Gasteiger partial charge in [-0.15, -0.1) is 20.4 Å². The van der Waals surface area contributed by atoms with Crippen LogP contribution in [0.1, 0.15) is 0 Å². The van der Waals surface area contributed by atoms with Gasteiger partial charge < -0.3 is 0 Å². The number of hydrogen-bond acceptors (Lipinski definition) is 6. The van der Waals surface area contributed by atoms with Crippen LogP contribution >= 0.6 is 0 Å². The minimum Gasteiger partial charge on any atom is -0.245 e. The maximum absolute atomic E-state index is 5.10. The molecule has 5 aromatic carbocycles. The van der Waals surface area contributed by atoms with E-state index in [9.17, 15) is 0 Å². The smallest absolute Gasteiger partial charge is 0.113 e. The molecule has 0 saturated heterocycles. The van der Waals surface area contributed by atoms with Gasteiger partial charge in [0, 0.05) is 21.9 Å². The van der Waals surface area contributed by atoms with Gasteiger partial charge in [-0.3, -0.25) is 0 Å². The van der Waals surface area contributed by atoms with Crippen molar-refractivity contribution in [2.45, 2.75) is 0 Å². The number of benzene rings is 5. The third kappa shape index (κ3) is 4.08. The molecule has 8 heteroatoms. The average Bonchev–Trinajstić information content (AvgIpc) is 3.73. The third-order valence-corrected chi connectivity index (χ3v) is 7.88. The Kier molecular flexibility index (Phi) is 5.33. The SMILES string of the molecule is c1ccc2nn(-c3ccc(-c4ccc5ccc6ccc(-c7ccc(-n8nc9ccccc9n8)cc7)nc6c5n4)cc3)nc2c1. The van der Waals surface area contributed by atoms with Crippen molar-refractivity contribution in [3.05, 3.63) is 133 Å². The van der Waals surface area contributed by atoms with E-state index in [1.165, 1.54) is 0 Å². The second-order valence-electron chi connectivity index (χ2n) is 10.7. The van der Waals surface area contributed by atoms with Gasteiger partial charge in [-0.25, -0.2) is 9.97 Å². The Labute approximate surface area is 250 Å². The van der Waals surface area contributed by atoms with Crippen LogP contribution in [-0.4, -0.2) is 40.0 Å². The summed E-state index contributed by atoms with van der Waals surface area (Å²) in [6.45, 7) is 0. The fourth-order valence-corrected chi connectivity index (χ4v) is 5.57. The van der Waals surface area contributed by atoms with Crippen molar-refractivity contribution in [1.29, 1.82) is 0 Å². The standard InChI is InChI=1S/C36H22N8/c1-2-6-32-31(5-1)39-43(40-32)27-17-11-23(12-18-27)29-21-15-25-9-10-26-16-22-30(38-36(26)35(25)37-29)24-13-19-28(20-14-24)44-41-33-7-3-4-8-34(33)42-44/h1-22H. The zero-order valence-electron chi connectivity index (χ0n) is 23.3. The first-order valence-corrected chi connectivity index (χ1v) is 14.3. The predicted octanol–water partition coefficient (Wildman–Crippen LogP) is 7.58. The topological polar surface area (TPSA) is 87.2 Å². The summed E-state index contributed by atoms with van der Waals surface area (Å²) in [4.78, 5) is 13.5. The van der Waals surface area contributed by atoms with Gasteiger partial charge in [0.15, 0.2) is 0 Å². The highest BCUT2D eigenvalue weighted by molar-refractivity contribution is 6.04. The molecule has 0 unspecified atom stereocenters. The third-order valence-electron chi connectivity index (χ3n) is 7.88. The number of rotatable bonds is 4. The molecule has 206 valence electrons. The lowest BCUT2D eigenvalue weighted by molar-refractivity contribution is 0.766. The van der Waals surface area contributed by atoms with Gasteiger partial charge in [0.25, 0.3) is 0 Å². The summed E-state index contributed by atoms with van der Waals surface area (Å²) in [5.74, 6) is 0. The molecule has 0 aliphatic carbocycles. The molecule has 0 aliphatic rings. The minimum atomic E-state index is 0.867. The van der Waals surface area contributed by atoms with Gasteiger partial charge in [-0.05, 0) is 60.7 Å². The monoisotopic (exact) mass is 566 g/mol. The van der Waals surface area contributed by atoms with Crippen LogP contribution in [0.3, 0.4) is 0 Å². The number of pyridine rings is 2. The van der Waals surface area contributed by atoms with Crippen LogP contribution in [0.4, 0.5) is 0 Å². The molecule has 44 heavy (non-hydrogen) atoms. The lowest BCUT2D eigenvalue weighted by Gasteiger charge is -2.09. The Morgan fingerprint density at radius 3 is 1.05 bits per heavy atom. The highest BCUT2D eigenvalue weighted by Crippen LogP contribution is 2.29. The molecule has 0 spiro atoms. The molecular formula is C36H22N8. The second kappa shape index (κ2) is 9.64. The van der Waals surface area contributed by atoms with E-state index < -0.39 is 0 Å². The predicted molar refractivity (Wildman–Crippen MR) is 173 cm³/mol. The summed E-state index contributed by atoms with van der Waals surface area (Å²) >= 11 is 0. The van der Waals surface area contributed by atoms with Gasteiger partial charge in [0.1, 0.15) is 22.1 Å². The molecule has 0 aliphatic heterocycles. The summed E-state index contributed by atoms with van der Waals surface area (Å²) in [6.07, 6.45) is 0. The van der Waals surface area contributed by atoms with Gasteiger partial charge in [0.05, 0.1) is 33.8 Å². The van der Waals surface area contributed by atoms with Crippen LogP contribution in [0, 0.1) is 0 Å². The Hall–Kier alpha value is -6.28. The van der Waals surface area contributed by atoms with Crippen molar-refractivity contribution >= 4 is 43.9 Å². The van der Waals surface area contributed by atoms with Crippen LogP contribution in [0.5, 0.6) is 0 Å².